The Morgan fingerprint density at radius 1 is 1.12 bits per heavy atom. The van der Waals surface area contributed by atoms with Gasteiger partial charge in [-0.15, -0.1) is 0 Å². The summed E-state index contributed by atoms with van der Waals surface area (Å²) in [5.74, 6) is -0.612. The van der Waals surface area contributed by atoms with Gasteiger partial charge in [-0.3, -0.25) is 19.0 Å². The van der Waals surface area contributed by atoms with E-state index in [4.69, 9.17) is 4.74 Å². The highest BCUT2D eigenvalue weighted by Crippen LogP contribution is 2.20. The third-order valence-corrected chi connectivity index (χ3v) is 5.58. The molecule has 3 amide bonds. The second kappa shape index (κ2) is 10.6. The van der Waals surface area contributed by atoms with E-state index in [1.807, 2.05) is 0 Å². The number of alkyl halides is 2. The molecule has 0 radical (unpaired) electrons. The Morgan fingerprint density at radius 2 is 1.76 bits per heavy atom. The molecule has 1 atom stereocenters. The number of aryl methyl sites for hydroxylation is 2. The molecule has 0 spiro atoms. The lowest BCUT2D eigenvalue weighted by Crippen LogP contribution is -2.52. The molecule has 3 heterocycles. The molecule has 3 rings (SSSR count). The lowest BCUT2D eigenvalue weighted by molar-refractivity contribution is -0.136. The molecule has 1 fully saturated rings. The highest BCUT2D eigenvalue weighted by Gasteiger charge is 2.29. The van der Waals surface area contributed by atoms with Crippen molar-refractivity contribution in [2.24, 2.45) is 0 Å². The van der Waals surface area contributed by atoms with E-state index in [-0.39, 0.29) is 24.2 Å². The number of nitrogens with zero attached hydrogens (tertiary/aromatic N) is 6. The number of hydrogen-bond donors (Lipinski definition) is 1. The monoisotopic (exact) mass is 481 g/mol. The van der Waals surface area contributed by atoms with Crippen molar-refractivity contribution in [3.63, 3.8) is 0 Å². The van der Waals surface area contributed by atoms with Crippen LogP contribution in [0.15, 0.2) is 12.3 Å². The summed E-state index contributed by atoms with van der Waals surface area (Å²) in [6, 6.07) is 0.613. The van der Waals surface area contributed by atoms with Crippen molar-refractivity contribution in [3.8, 4) is 0 Å². The molecule has 0 aromatic carbocycles. The maximum atomic E-state index is 12.9. The number of carbonyl (C=O) groups excluding carboxylic acids is 3. The van der Waals surface area contributed by atoms with Crippen LogP contribution >= 0.6 is 0 Å². The van der Waals surface area contributed by atoms with Crippen LogP contribution < -0.4 is 5.32 Å². The molecular weight excluding hydrogens is 452 g/mol. The molecule has 2 aromatic rings. The number of piperazine rings is 1. The Hall–Kier alpha value is -3.51. The summed E-state index contributed by atoms with van der Waals surface area (Å²) in [4.78, 5) is 40.5. The molecule has 13 heteroatoms. The lowest BCUT2D eigenvalue weighted by Gasteiger charge is -2.35. The molecule has 186 valence electrons. The molecule has 1 unspecified atom stereocenters. The van der Waals surface area contributed by atoms with Crippen LogP contribution in [0.4, 0.5) is 19.3 Å². The van der Waals surface area contributed by atoms with Crippen LogP contribution in [0.25, 0.3) is 0 Å². The molecule has 0 saturated carbocycles. The molecule has 34 heavy (non-hydrogen) atoms. The van der Waals surface area contributed by atoms with Gasteiger partial charge >= 0.3 is 6.09 Å². The van der Waals surface area contributed by atoms with E-state index in [2.05, 4.69) is 15.5 Å². The predicted octanol–water partition coefficient (Wildman–Crippen LogP) is 2.13. The maximum absolute atomic E-state index is 12.9. The minimum Gasteiger partial charge on any atom is -0.450 e. The Balaban J connectivity index is 1.59. The minimum absolute atomic E-state index is 0.157. The van der Waals surface area contributed by atoms with Crippen LogP contribution in [0, 0.1) is 13.8 Å². The van der Waals surface area contributed by atoms with Crippen LogP contribution in [0.5, 0.6) is 0 Å². The van der Waals surface area contributed by atoms with Crippen molar-refractivity contribution in [3.05, 3.63) is 29.3 Å². The third-order valence-electron chi connectivity index (χ3n) is 5.58. The first-order valence-corrected chi connectivity index (χ1v) is 11.0. The van der Waals surface area contributed by atoms with Crippen LogP contribution in [-0.4, -0.2) is 80.1 Å². The van der Waals surface area contributed by atoms with Crippen molar-refractivity contribution >= 4 is 23.6 Å². The van der Waals surface area contributed by atoms with Gasteiger partial charge in [0.1, 0.15) is 18.3 Å². The third kappa shape index (κ3) is 5.69. The molecule has 2 aromatic heterocycles. The average molecular weight is 482 g/mol. The number of hydrogen-bond acceptors (Lipinski definition) is 6. The number of ether oxygens (including phenoxy) is 1. The van der Waals surface area contributed by atoms with E-state index >= 15 is 0 Å². The zero-order valence-electron chi connectivity index (χ0n) is 19.6. The van der Waals surface area contributed by atoms with Gasteiger partial charge in [-0.1, -0.05) is 0 Å². The molecule has 0 bridgehead atoms. The molecular formula is C21H29F2N7O4. The first kappa shape index (κ1) is 25.1. The number of carbonyl (C=O) groups is 3. The number of nitrogens with one attached hydrogen (secondary N) is 1. The van der Waals surface area contributed by atoms with Crippen molar-refractivity contribution < 1.29 is 27.9 Å². The van der Waals surface area contributed by atoms with Crippen molar-refractivity contribution in [1.29, 1.82) is 0 Å². The molecule has 11 nitrogen and oxygen atoms in total. The van der Waals surface area contributed by atoms with E-state index in [1.165, 1.54) is 15.4 Å². The van der Waals surface area contributed by atoms with E-state index in [0.717, 1.165) is 0 Å². The summed E-state index contributed by atoms with van der Waals surface area (Å²) in [5, 5.41) is 10.8. The lowest BCUT2D eigenvalue weighted by atomic mass is 10.2. The van der Waals surface area contributed by atoms with Crippen molar-refractivity contribution in [2.45, 2.75) is 46.7 Å². The van der Waals surface area contributed by atoms with Gasteiger partial charge in [0.2, 0.25) is 11.8 Å². The second-order valence-corrected chi connectivity index (χ2v) is 8.01. The number of aromatic nitrogens is 4. The van der Waals surface area contributed by atoms with Gasteiger partial charge in [0.25, 0.3) is 6.43 Å². The van der Waals surface area contributed by atoms with E-state index in [9.17, 15) is 23.2 Å². The Labute approximate surface area is 195 Å². The zero-order valence-corrected chi connectivity index (χ0v) is 19.6. The summed E-state index contributed by atoms with van der Waals surface area (Å²) in [5.41, 5.74) is 0.978. The van der Waals surface area contributed by atoms with Crippen molar-refractivity contribution in [2.75, 3.05) is 38.1 Å². The fourth-order valence-electron chi connectivity index (χ4n) is 3.63. The van der Waals surface area contributed by atoms with Gasteiger partial charge in [-0.05, 0) is 33.8 Å². The summed E-state index contributed by atoms with van der Waals surface area (Å²) in [7, 11) is 0. The molecule has 1 aliphatic heterocycles. The van der Waals surface area contributed by atoms with Gasteiger partial charge in [0.05, 0.1) is 18.0 Å². The van der Waals surface area contributed by atoms with E-state index in [1.54, 1.807) is 43.7 Å². The first-order chi connectivity index (χ1) is 16.1. The number of amides is 3. The summed E-state index contributed by atoms with van der Waals surface area (Å²) >= 11 is 0. The zero-order chi connectivity index (χ0) is 25.0. The van der Waals surface area contributed by atoms with E-state index in [0.29, 0.717) is 49.9 Å². The molecule has 1 saturated heterocycles. The maximum Gasteiger partial charge on any atom is 0.409 e. The summed E-state index contributed by atoms with van der Waals surface area (Å²) in [6.45, 7) is 8.33. The average Bonchev–Trinajstić information content (AvgIpc) is 3.35. The smallest absolute Gasteiger partial charge is 0.409 e. The standard InChI is InChI=1S/C21H29F2N7O4/c1-5-34-21(33)28-8-6-27(7-9-28)20(32)15(4)30-11-17(14(3)25-30)24-18(31)12-29-13(2)10-16(26-29)19(22)23/h10-11,15,19H,5-9,12H2,1-4H3,(H,24,31). The fourth-order valence-corrected chi connectivity index (χ4v) is 3.63. The van der Waals surface area contributed by atoms with Gasteiger partial charge in [-0.2, -0.15) is 10.2 Å². The van der Waals surface area contributed by atoms with Crippen LogP contribution in [0.1, 0.15) is 43.4 Å². The number of halogens is 2. The second-order valence-electron chi connectivity index (χ2n) is 8.01. The Bertz CT molecular complexity index is 1040. The highest BCUT2D eigenvalue weighted by atomic mass is 19.3. The summed E-state index contributed by atoms with van der Waals surface area (Å²) < 4.78 is 33.3. The van der Waals surface area contributed by atoms with Crippen LogP contribution in [0.3, 0.4) is 0 Å². The topological polar surface area (TPSA) is 115 Å². The number of rotatable bonds is 7. The molecule has 1 aliphatic rings. The van der Waals surface area contributed by atoms with Gasteiger partial charge < -0.3 is 19.9 Å². The number of anilines is 1. The fraction of sp³-hybridized carbons (Fsp3) is 0.571. The van der Waals surface area contributed by atoms with Crippen molar-refractivity contribution in [1.82, 2.24) is 29.4 Å². The largest absolute Gasteiger partial charge is 0.450 e. The summed E-state index contributed by atoms with van der Waals surface area (Å²) in [6.07, 6.45) is -1.54. The van der Waals surface area contributed by atoms with Gasteiger partial charge in [-0.25, -0.2) is 13.6 Å². The predicted molar refractivity (Wildman–Crippen MR) is 117 cm³/mol. The molecule has 0 aliphatic carbocycles. The minimum atomic E-state index is -2.71. The normalized spacial score (nSPS) is 14.9. The Kier molecular flexibility index (Phi) is 7.84. The quantitative estimate of drug-likeness (QED) is 0.648. The van der Waals surface area contributed by atoms with E-state index < -0.39 is 18.4 Å². The molecule has 1 N–H and O–H groups in total. The highest BCUT2D eigenvalue weighted by molar-refractivity contribution is 5.91. The van der Waals surface area contributed by atoms with Gasteiger partial charge in [0.15, 0.2) is 0 Å². The Morgan fingerprint density at radius 3 is 2.35 bits per heavy atom. The SMILES string of the molecule is CCOC(=O)N1CCN(C(=O)C(C)n2cc(NC(=O)Cn3nc(C(F)F)cc3C)c(C)n2)CC1. The van der Waals surface area contributed by atoms with Gasteiger partial charge in [0, 0.05) is 38.1 Å². The first-order valence-electron chi connectivity index (χ1n) is 11.0. The van der Waals surface area contributed by atoms with Crippen LogP contribution in [-0.2, 0) is 20.9 Å². The van der Waals surface area contributed by atoms with Crippen LogP contribution in [0.2, 0.25) is 0 Å².